The van der Waals surface area contributed by atoms with Gasteiger partial charge in [-0.1, -0.05) is 6.92 Å². The van der Waals surface area contributed by atoms with Crippen LogP contribution >= 0.6 is 34.6 Å². The first-order valence-corrected chi connectivity index (χ1v) is 12.2. The van der Waals surface area contributed by atoms with Gasteiger partial charge < -0.3 is 4.74 Å². The van der Waals surface area contributed by atoms with E-state index in [9.17, 15) is 4.79 Å². The molecule has 0 amide bonds. The molecule has 6 nitrogen and oxygen atoms in total. The summed E-state index contributed by atoms with van der Waals surface area (Å²) < 4.78 is 13.0. The molecule has 2 fully saturated rings. The quantitative estimate of drug-likeness (QED) is 0.536. The van der Waals surface area contributed by atoms with Crippen molar-refractivity contribution in [3.8, 4) is 0 Å². The highest BCUT2D eigenvalue weighted by molar-refractivity contribution is 8.00. The van der Waals surface area contributed by atoms with Crippen LogP contribution < -0.4 is 5.56 Å². The molecule has 28 heavy (non-hydrogen) atoms. The molecule has 3 aromatic heterocycles. The lowest BCUT2D eigenvalue weighted by molar-refractivity contribution is 0.0937. The summed E-state index contributed by atoms with van der Waals surface area (Å²) in [6, 6.07) is 0. The van der Waals surface area contributed by atoms with E-state index in [1.807, 2.05) is 4.57 Å². The SMILES string of the molecule is CCc1c(C)sc2nc(Sc3nc(C4CC4)ns3)n(CC3CCCO3)c(=O)c12. The monoisotopic (exact) mass is 434 g/mol. The Hall–Kier alpha value is -1.29. The van der Waals surface area contributed by atoms with Gasteiger partial charge in [-0.25, -0.2) is 9.97 Å². The molecule has 3 aromatic rings. The van der Waals surface area contributed by atoms with Gasteiger partial charge in [0.05, 0.1) is 18.0 Å². The van der Waals surface area contributed by atoms with Gasteiger partial charge in [0.25, 0.3) is 5.56 Å². The maximum Gasteiger partial charge on any atom is 0.263 e. The summed E-state index contributed by atoms with van der Waals surface area (Å²) >= 11 is 4.48. The zero-order valence-electron chi connectivity index (χ0n) is 15.9. The minimum Gasteiger partial charge on any atom is -0.376 e. The van der Waals surface area contributed by atoms with Gasteiger partial charge in [0.15, 0.2) is 9.50 Å². The predicted molar refractivity (Wildman–Crippen MR) is 113 cm³/mol. The third-order valence-electron chi connectivity index (χ3n) is 5.39. The van der Waals surface area contributed by atoms with Crippen LogP contribution in [0.15, 0.2) is 14.3 Å². The van der Waals surface area contributed by atoms with Gasteiger partial charge in [0.1, 0.15) is 10.7 Å². The predicted octanol–water partition coefficient (Wildman–Crippen LogP) is 4.39. The summed E-state index contributed by atoms with van der Waals surface area (Å²) in [4.78, 5) is 25.1. The minimum atomic E-state index is 0.0520. The van der Waals surface area contributed by atoms with Gasteiger partial charge in [0.2, 0.25) is 0 Å². The van der Waals surface area contributed by atoms with Crippen LogP contribution in [0, 0.1) is 6.92 Å². The van der Waals surface area contributed by atoms with E-state index in [-0.39, 0.29) is 11.7 Å². The topological polar surface area (TPSA) is 69.9 Å². The van der Waals surface area contributed by atoms with E-state index in [1.165, 1.54) is 41.0 Å². The normalized spacial score (nSPS) is 19.7. The number of aromatic nitrogens is 4. The van der Waals surface area contributed by atoms with Gasteiger partial charge in [-0.05, 0) is 67.9 Å². The molecule has 4 heterocycles. The molecule has 0 N–H and O–H groups in total. The fourth-order valence-corrected chi connectivity index (χ4v) is 6.58. The fraction of sp³-hybridized carbons (Fsp3) is 0.579. The lowest BCUT2D eigenvalue weighted by Gasteiger charge is -2.15. The Kier molecular flexibility index (Phi) is 5.02. The third kappa shape index (κ3) is 3.42. The molecule has 1 aliphatic heterocycles. The Morgan fingerprint density at radius 3 is 2.86 bits per heavy atom. The molecule has 0 bridgehead atoms. The lowest BCUT2D eigenvalue weighted by Crippen LogP contribution is -2.28. The number of thiophene rings is 1. The number of fused-ring (bicyclic) bond motifs is 1. The molecule has 5 rings (SSSR count). The molecule has 1 saturated heterocycles. The van der Waals surface area contributed by atoms with Crippen LogP contribution in [0.3, 0.4) is 0 Å². The van der Waals surface area contributed by atoms with Crippen molar-refractivity contribution in [3.63, 3.8) is 0 Å². The highest BCUT2D eigenvalue weighted by atomic mass is 32.2. The largest absolute Gasteiger partial charge is 0.376 e. The van der Waals surface area contributed by atoms with E-state index in [4.69, 9.17) is 9.72 Å². The number of rotatable bonds is 6. The first-order chi connectivity index (χ1) is 13.6. The van der Waals surface area contributed by atoms with Crippen molar-refractivity contribution in [3.05, 3.63) is 26.6 Å². The van der Waals surface area contributed by atoms with Gasteiger partial charge in [-0.2, -0.15) is 4.37 Å². The molecule has 1 saturated carbocycles. The highest BCUT2D eigenvalue weighted by Crippen LogP contribution is 2.40. The maximum absolute atomic E-state index is 13.5. The fourth-order valence-electron chi connectivity index (χ4n) is 3.73. The second-order valence-corrected chi connectivity index (χ2v) is 10.6. The molecule has 1 unspecified atom stereocenters. The van der Waals surface area contributed by atoms with Gasteiger partial charge in [-0.15, -0.1) is 11.3 Å². The zero-order chi connectivity index (χ0) is 19.3. The molecule has 1 atom stereocenters. The van der Waals surface area contributed by atoms with E-state index in [0.717, 1.165) is 51.8 Å². The second kappa shape index (κ2) is 7.51. The average Bonchev–Trinajstić information content (AvgIpc) is 3.07. The Balaban J connectivity index is 1.59. The van der Waals surface area contributed by atoms with Crippen LogP contribution in [0.1, 0.15) is 54.8 Å². The Morgan fingerprint density at radius 2 is 2.14 bits per heavy atom. The first-order valence-electron chi connectivity index (χ1n) is 9.80. The number of hydrogen-bond donors (Lipinski definition) is 0. The summed E-state index contributed by atoms with van der Waals surface area (Å²) in [6.45, 7) is 5.50. The van der Waals surface area contributed by atoms with E-state index in [1.54, 1.807) is 11.3 Å². The summed E-state index contributed by atoms with van der Waals surface area (Å²) in [6.07, 6.45) is 5.33. The highest BCUT2D eigenvalue weighted by Gasteiger charge is 2.29. The second-order valence-electron chi connectivity index (χ2n) is 7.41. The van der Waals surface area contributed by atoms with Crippen molar-refractivity contribution in [2.24, 2.45) is 0 Å². The zero-order valence-corrected chi connectivity index (χ0v) is 18.4. The van der Waals surface area contributed by atoms with Crippen molar-refractivity contribution >= 4 is 44.8 Å². The van der Waals surface area contributed by atoms with Crippen molar-refractivity contribution in [2.75, 3.05) is 6.61 Å². The standard InChI is InChI=1S/C19H22N4O2S3/c1-3-13-10(2)26-16-14(13)17(24)23(9-12-5-4-8-25-12)18(21-16)27-19-20-15(22-28-19)11-6-7-11/h11-12H,3-9H2,1-2H3. The van der Waals surface area contributed by atoms with Crippen molar-refractivity contribution in [1.82, 2.24) is 18.9 Å². The number of aryl methyl sites for hydroxylation is 2. The summed E-state index contributed by atoms with van der Waals surface area (Å²) in [7, 11) is 0. The Labute approximate surface area is 175 Å². The van der Waals surface area contributed by atoms with Crippen molar-refractivity contribution in [1.29, 1.82) is 0 Å². The smallest absolute Gasteiger partial charge is 0.263 e. The lowest BCUT2D eigenvalue weighted by atomic mass is 10.1. The van der Waals surface area contributed by atoms with Crippen molar-refractivity contribution in [2.45, 2.75) is 74.0 Å². The van der Waals surface area contributed by atoms with E-state index in [2.05, 4.69) is 23.2 Å². The summed E-state index contributed by atoms with van der Waals surface area (Å²) in [5.41, 5.74) is 1.18. The molecule has 9 heteroatoms. The van der Waals surface area contributed by atoms with Crippen molar-refractivity contribution < 1.29 is 4.74 Å². The van der Waals surface area contributed by atoms with E-state index < -0.39 is 0 Å². The van der Waals surface area contributed by atoms with E-state index >= 15 is 0 Å². The molecule has 0 spiro atoms. The van der Waals surface area contributed by atoms with Crippen LogP contribution in [0.25, 0.3) is 10.2 Å². The van der Waals surface area contributed by atoms with Crippen LogP contribution in [0.4, 0.5) is 0 Å². The first kappa shape index (κ1) is 18.7. The molecule has 0 aromatic carbocycles. The van der Waals surface area contributed by atoms with Crippen LogP contribution in [0.2, 0.25) is 0 Å². The molecule has 148 valence electrons. The number of nitrogens with zero attached hydrogens (tertiary/aromatic N) is 4. The van der Waals surface area contributed by atoms with E-state index in [0.29, 0.717) is 17.6 Å². The van der Waals surface area contributed by atoms with Gasteiger partial charge in [-0.3, -0.25) is 9.36 Å². The molecule has 1 aliphatic carbocycles. The van der Waals surface area contributed by atoms with Crippen LogP contribution in [0.5, 0.6) is 0 Å². The molecule has 2 aliphatic rings. The maximum atomic E-state index is 13.5. The van der Waals surface area contributed by atoms with Crippen LogP contribution in [-0.2, 0) is 17.7 Å². The average molecular weight is 435 g/mol. The summed E-state index contributed by atoms with van der Waals surface area (Å²) in [5.74, 6) is 1.48. The minimum absolute atomic E-state index is 0.0520. The molecular formula is C19H22N4O2S3. The summed E-state index contributed by atoms with van der Waals surface area (Å²) in [5, 5.41) is 1.48. The third-order valence-corrected chi connectivity index (χ3v) is 8.19. The molecular weight excluding hydrogens is 412 g/mol. The Bertz CT molecular complexity index is 1080. The van der Waals surface area contributed by atoms with Crippen LogP contribution in [-0.4, -0.2) is 31.6 Å². The number of ether oxygens (including phenoxy) is 1. The van der Waals surface area contributed by atoms with Gasteiger partial charge >= 0.3 is 0 Å². The van der Waals surface area contributed by atoms with Gasteiger partial charge in [0, 0.05) is 17.4 Å². The number of hydrogen-bond acceptors (Lipinski definition) is 8. The Morgan fingerprint density at radius 1 is 1.29 bits per heavy atom. The molecule has 0 radical (unpaired) electrons.